The molecule has 0 aliphatic rings. The molecule has 3 nitrogen and oxygen atoms in total. The van der Waals surface area contributed by atoms with Gasteiger partial charge in [-0.1, -0.05) is 36.4 Å². The van der Waals surface area contributed by atoms with Crippen molar-refractivity contribution < 1.29 is 9.21 Å². The summed E-state index contributed by atoms with van der Waals surface area (Å²) in [5, 5.41) is -0.436. The van der Waals surface area contributed by atoms with Crippen molar-refractivity contribution in [3.63, 3.8) is 0 Å². The second kappa shape index (κ2) is 5.19. The van der Waals surface area contributed by atoms with Crippen LogP contribution in [0.25, 0.3) is 22.3 Å². The van der Waals surface area contributed by atoms with E-state index in [-0.39, 0.29) is 16.4 Å². The van der Waals surface area contributed by atoms with Crippen LogP contribution in [0.2, 0.25) is 0 Å². The molecule has 0 saturated heterocycles. The fraction of sp³-hybridized carbons (Fsp3) is 0.0588. The highest BCUT2D eigenvalue weighted by Gasteiger charge is 2.17. The van der Waals surface area contributed by atoms with Crippen LogP contribution in [0.3, 0.4) is 0 Å². The van der Waals surface area contributed by atoms with E-state index in [1.807, 2.05) is 30.3 Å². The zero-order chi connectivity index (χ0) is 15.0. The van der Waals surface area contributed by atoms with Crippen LogP contribution in [0.1, 0.15) is 15.9 Å². The minimum atomic E-state index is -0.667. The Hall–Kier alpha value is -2.39. The van der Waals surface area contributed by atoms with Gasteiger partial charge in [0.05, 0.1) is 5.39 Å². The number of hydrogen-bond donors (Lipinski definition) is 0. The average Bonchev–Trinajstić information content (AvgIpc) is 2.51. The van der Waals surface area contributed by atoms with E-state index >= 15 is 0 Å². The predicted molar refractivity (Wildman–Crippen MR) is 82.8 cm³/mol. The molecule has 0 radical (unpaired) electrons. The van der Waals surface area contributed by atoms with Crippen LogP contribution in [0.4, 0.5) is 0 Å². The smallest absolute Gasteiger partial charge is 0.253 e. The quantitative estimate of drug-likeness (QED) is 0.668. The lowest BCUT2D eigenvalue weighted by Gasteiger charge is -2.08. The van der Waals surface area contributed by atoms with Crippen molar-refractivity contribution in [3.8, 4) is 11.3 Å². The largest absolute Gasteiger partial charge is 0.456 e. The molecular weight excluding hydrogens is 288 g/mol. The van der Waals surface area contributed by atoms with Gasteiger partial charge in [-0.05, 0) is 30.7 Å². The Balaban J connectivity index is 2.41. The van der Waals surface area contributed by atoms with E-state index in [4.69, 9.17) is 16.0 Å². The molecule has 0 N–H and O–H groups in total. The maximum absolute atomic E-state index is 12.6. The SMILES string of the molecule is Cc1c(-c2ccccc2)oc2cccc(C(=O)Cl)c2c1=O. The first-order valence-electron chi connectivity index (χ1n) is 6.41. The Morgan fingerprint density at radius 2 is 1.76 bits per heavy atom. The summed E-state index contributed by atoms with van der Waals surface area (Å²) >= 11 is 5.54. The molecule has 0 spiro atoms. The third kappa shape index (κ3) is 2.26. The zero-order valence-corrected chi connectivity index (χ0v) is 12.0. The molecule has 0 fully saturated rings. The molecule has 0 bridgehead atoms. The Kier molecular flexibility index (Phi) is 3.35. The standard InChI is InChI=1S/C17H11ClO3/c1-10-15(19)14-12(17(18)20)8-5-9-13(14)21-16(10)11-6-3-2-4-7-11/h2-9H,1H3. The topological polar surface area (TPSA) is 47.3 Å². The summed E-state index contributed by atoms with van der Waals surface area (Å²) in [6.45, 7) is 1.68. The summed E-state index contributed by atoms with van der Waals surface area (Å²) in [5.41, 5.74) is 1.57. The van der Waals surface area contributed by atoms with Gasteiger partial charge in [0.2, 0.25) is 0 Å². The summed E-state index contributed by atoms with van der Waals surface area (Å²) in [4.78, 5) is 24.0. The fourth-order valence-electron chi connectivity index (χ4n) is 2.36. The monoisotopic (exact) mass is 298 g/mol. The van der Waals surface area contributed by atoms with E-state index in [1.165, 1.54) is 6.07 Å². The number of rotatable bonds is 2. The predicted octanol–water partition coefficient (Wildman–Crippen LogP) is 4.15. The molecule has 1 aromatic heterocycles. The average molecular weight is 299 g/mol. The maximum Gasteiger partial charge on any atom is 0.253 e. The highest BCUT2D eigenvalue weighted by Crippen LogP contribution is 2.27. The number of fused-ring (bicyclic) bond motifs is 1. The third-order valence-electron chi connectivity index (χ3n) is 3.39. The molecule has 0 aliphatic heterocycles. The summed E-state index contributed by atoms with van der Waals surface area (Å²) in [5.74, 6) is 0.507. The van der Waals surface area contributed by atoms with Crippen molar-refractivity contribution in [2.24, 2.45) is 0 Å². The van der Waals surface area contributed by atoms with Crippen LogP contribution in [0.15, 0.2) is 57.7 Å². The van der Waals surface area contributed by atoms with Gasteiger partial charge in [0.1, 0.15) is 11.3 Å². The lowest BCUT2D eigenvalue weighted by atomic mass is 10.0. The van der Waals surface area contributed by atoms with Crippen molar-refractivity contribution in [1.29, 1.82) is 0 Å². The van der Waals surface area contributed by atoms with Crippen molar-refractivity contribution in [2.75, 3.05) is 0 Å². The van der Waals surface area contributed by atoms with Gasteiger partial charge in [-0.3, -0.25) is 9.59 Å². The highest BCUT2D eigenvalue weighted by atomic mass is 35.5. The maximum atomic E-state index is 12.6. The van der Waals surface area contributed by atoms with E-state index in [1.54, 1.807) is 19.1 Å². The fourth-order valence-corrected chi connectivity index (χ4v) is 2.51. The first kappa shape index (κ1) is 13.6. The van der Waals surface area contributed by atoms with Gasteiger partial charge < -0.3 is 4.42 Å². The lowest BCUT2D eigenvalue weighted by Crippen LogP contribution is -2.10. The number of carbonyl (C=O) groups is 1. The Morgan fingerprint density at radius 1 is 1.05 bits per heavy atom. The van der Waals surface area contributed by atoms with Crippen molar-refractivity contribution >= 4 is 27.8 Å². The normalized spacial score (nSPS) is 10.8. The molecule has 104 valence electrons. The molecule has 4 heteroatoms. The molecule has 1 heterocycles. The van der Waals surface area contributed by atoms with Crippen LogP contribution >= 0.6 is 11.6 Å². The minimum Gasteiger partial charge on any atom is -0.456 e. The molecule has 0 aliphatic carbocycles. The molecule has 0 saturated carbocycles. The molecule has 0 unspecified atom stereocenters. The second-order valence-corrected chi connectivity index (χ2v) is 5.05. The number of carbonyl (C=O) groups excluding carboxylic acids is 1. The minimum absolute atomic E-state index is 0.172. The molecule has 2 aromatic carbocycles. The number of halogens is 1. The van der Waals surface area contributed by atoms with Crippen molar-refractivity contribution in [3.05, 3.63) is 69.9 Å². The van der Waals surface area contributed by atoms with Gasteiger partial charge in [-0.15, -0.1) is 0 Å². The second-order valence-electron chi connectivity index (χ2n) is 4.70. The van der Waals surface area contributed by atoms with Crippen LogP contribution in [0.5, 0.6) is 0 Å². The lowest BCUT2D eigenvalue weighted by molar-refractivity contribution is 0.108. The molecule has 3 rings (SSSR count). The molecule has 0 amide bonds. The summed E-state index contributed by atoms with van der Waals surface area (Å²) in [6, 6.07) is 14.2. The van der Waals surface area contributed by atoms with E-state index in [0.29, 0.717) is 16.9 Å². The van der Waals surface area contributed by atoms with Crippen LogP contribution in [-0.2, 0) is 0 Å². The van der Waals surface area contributed by atoms with E-state index in [9.17, 15) is 9.59 Å². The van der Waals surface area contributed by atoms with E-state index in [2.05, 4.69) is 0 Å². The highest BCUT2D eigenvalue weighted by molar-refractivity contribution is 6.68. The Bertz CT molecular complexity index is 895. The van der Waals surface area contributed by atoms with Crippen LogP contribution in [0, 0.1) is 6.92 Å². The molecule has 3 aromatic rings. The van der Waals surface area contributed by atoms with Crippen molar-refractivity contribution in [1.82, 2.24) is 0 Å². The van der Waals surface area contributed by atoms with Gasteiger partial charge in [-0.25, -0.2) is 0 Å². The van der Waals surface area contributed by atoms with Gasteiger partial charge in [0.25, 0.3) is 5.24 Å². The summed E-state index contributed by atoms with van der Waals surface area (Å²) < 4.78 is 5.84. The van der Waals surface area contributed by atoms with Crippen LogP contribution in [-0.4, -0.2) is 5.24 Å². The first-order chi connectivity index (χ1) is 10.1. The molecular formula is C17H11ClO3. The summed E-state index contributed by atoms with van der Waals surface area (Å²) in [7, 11) is 0. The molecule has 21 heavy (non-hydrogen) atoms. The Morgan fingerprint density at radius 3 is 2.43 bits per heavy atom. The van der Waals surface area contributed by atoms with Crippen LogP contribution < -0.4 is 5.43 Å². The molecule has 0 atom stereocenters. The Labute approximate surface area is 125 Å². The number of benzene rings is 2. The van der Waals surface area contributed by atoms with E-state index < -0.39 is 5.24 Å². The first-order valence-corrected chi connectivity index (χ1v) is 6.79. The van der Waals surface area contributed by atoms with Gasteiger partial charge in [0, 0.05) is 16.7 Å². The van der Waals surface area contributed by atoms with Crippen molar-refractivity contribution in [2.45, 2.75) is 6.92 Å². The summed E-state index contributed by atoms with van der Waals surface area (Å²) in [6.07, 6.45) is 0. The third-order valence-corrected chi connectivity index (χ3v) is 3.60. The van der Waals surface area contributed by atoms with Gasteiger partial charge in [-0.2, -0.15) is 0 Å². The zero-order valence-electron chi connectivity index (χ0n) is 11.2. The van der Waals surface area contributed by atoms with E-state index in [0.717, 1.165) is 5.56 Å². The van der Waals surface area contributed by atoms with Gasteiger partial charge in [0.15, 0.2) is 5.43 Å². The van der Waals surface area contributed by atoms with Gasteiger partial charge >= 0.3 is 0 Å². The number of hydrogen-bond acceptors (Lipinski definition) is 3.